The van der Waals surface area contributed by atoms with Gasteiger partial charge in [0.25, 0.3) is 0 Å². The fourth-order valence-electron chi connectivity index (χ4n) is 5.22. The van der Waals surface area contributed by atoms with E-state index in [4.69, 9.17) is 0 Å². The Morgan fingerprint density at radius 1 is 0.750 bits per heavy atom. The van der Waals surface area contributed by atoms with Crippen molar-refractivity contribution in [2.75, 3.05) is 26.2 Å². The topological polar surface area (TPSA) is 56.9 Å². The van der Waals surface area contributed by atoms with E-state index in [1.807, 2.05) is 18.2 Å². The Morgan fingerprint density at radius 2 is 1.33 bits per heavy atom. The van der Waals surface area contributed by atoms with Crippen LogP contribution in [0.3, 0.4) is 0 Å². The number of benzene rings is 3. The molecule has 6 nitrogen and oxygen atoms in total. The Bertz CT molecular complexity index is 1410. The average Bonchev–Trinajstić information content (AvgIpc) is 3.50. The molecule has 0 saturated carbocycles. The number of hydrogen-bond donors (Lipinski definition) is 1. The first-order valence-corrected chi connectivity index (χ1v) is 12.9. The summed E-state index contributed by atoms with van der Waals surface area (Å²) in [5, 5.41) is 15.1. The van der Waals surface area contributed by atoms with E-state index in [1.165, 1.54) is 39.4 Å². The zero-order valence-electron chi connectivity index (χ0n) is 19.6. The highest BCUT2D eigenvalue weighted by atomic mass is 32.1. The smallest absolute Gasteiger partial charge is 0.230 e. The lowest BCUT2D eigenvalue weighted by atomic mass is 9.96. The van der Waals surface area contributed by atoms with Crippen LogP contribution >= 0.6 is 11.3 Å². The largest absolute Gasteiger partial charge is 0.492 e. The maximum absolute atomic E-state index is 14.3. The molecular formula is C28H26FN5OS. The maximum atomic E-state index is 14.3. The fourth-order valence-corrected chi connectivity index (χ4v) is 6.31. The molecule has 8 heteroatoms. The normalized spacial score (nSPS) is 16.1. The summed E-state index contributed by atoms with van der Waals surface area (Å²) in [5.74, 6) is -0.223. The molecule has 182 valence electrons. The van der Waals surface area contributed by atoms with Crippen LogP contribution in [-0.2, 0) is 0 Å². The number of aromatic nitrogens is 3. The summed E-state index contributed by atoms with van der Waals surface area (Å²) in [6.07, 6.45) is 1.43. The Balaban J connectivity index is 1.32. The second-order valence-electron chi connectivity index (χ2n) is 9.00. The average molecular weight is 500 g/mol. The fraction of sp³-hybridized carbons (Fsp3) is 0.214. The van der Waals surface area contributed by atoms with E-state index >= 15 is 0 Å². The predicted molar refractivity (Wildman–Crippen MR) is 139 cm³/mol. The molecule has 5 aromatic rings. The molecule has 1 N–H and O–H groups in total. The number of nitrogens with zero attached hydrogens (tertiary/aromatic N) is 5. The van der Waals surface area contributed by atoms with Gasteiger partial charge in [0.2, 0.25) is 10.8 Å². The van der Waals surface area contributed by atoms with E-state index in [-0.39, 0.29) is 23.8 Å². The van der Waals surface area contributed by atoms with Crippen LogP contribution in [0, 0.1) is 5.82 Å². The summed E-state index contributed by atoms with van der Waals surface area (Å²) in [5.41, 5.74) is 3.34. The van der Waals surface area contributed by atoms with Gasteiger partial charge in [-0.1, -0.05) is 84.1 Å². The highest BCUT2D eigenvalue weighted by molar-refractivity contribution is 7.17. The van der Waals surface area contributed by atoms with Crippen molar-refractivity contribution >= 4 is 16.3 Å². The van der Waals surface area contributed by atoms with Crippen molar-refractivity contribution in [3.63, 3.8) is 0 Å². The molecule has 0 amide bonds. The zero-order valence-corrected chi connectivity index (χ0v) is 20.4. The van der Waals surface area contributed by atoms with E-state index in [2.05, 4.69) is 68.4 Å². The highest BCUT2D eigenvalue weighted by Gasteiger charge is 2.34. The minimum absolute atomic E-state index is 0.0654. The molecule has 1 atom stereocenters. The SMILES string of the molecule is Oc1c(C(c2cccc(F)c2)N2CCN(C(c3ccccc3)c3ccccc3)CC2)sc2ncnn12. The Morgan fingerprint density at radius 3 is 1.92 bits per heavy atom. The van der Waals surface area contributed by atoms with Crippen molar-refractivity contribution in [1.82, 2.24) is 24.4 Å². The minimum Gasteiger partial charge on any atom is -0.492 e. The molecule has 0 spiro atoms. The van der Waals surface area contributed by atoms with Crippen LogP contribution in [0.15, 0.2) is 91.3 Å². The summed E-state index contributed by atoms with van der Waals surface area (Å²) in [7, 11) is 0. The van der Waals surface area contributed by atoms with Crippen LogP contribution in [0.2, 0.25) is 0 Å². The number of fused-ring (bicyclic) bond motifs is 1. The Kier molecular flexibility index (Phi) is 6.23. The third-order valence-corrected chi connectivity index (χ3v) is 7.95. The number of hydrogen-bond acceptors (Lipinski definition) is 6. The first-order chi connectivity index (χ1) is 17.7. The van der Waals surface area contributed by atoms with Crippen LogP contribution < -0.4 is 0 Å². The number of piperazine rings is 1. The molecule has 0 aliphatic carbocycles. The number of halogens is 1. The third kappa shape index (κ3) is 4.28. The van der Waals surface area contributed by atoms with Gasteiger partial charge in [-0.25, -0.2) is 9.37 Å². The van der Waals surface area contributed by atoms with Crippen molar-refractivity contribution < 1.29 is 9.50 Å². The quantitative estimate of drug-likeness (QED) is 0.351. The van der Waals surface area contributed by atoms with Crippen molar-refractivity contribution in [2.24, 2.45) is 0 Å². The zero-order chi connectivity index (χ0) is 24.5. The van der Waals surface area contributed by atoms with Gasteiger partial charge in [-0.2, -0.15) is 9.61 Å². The molecule has 6 rings (SSSR count). The lowest BCUT2D eigenvalue weighted by molar-refractivity contribution is 0.0898. The first kappa shape index (κ1) is 22.8. The molecule has 1 aliphatic rings. The van der Waals surface area contributed by atoms with Crippen LogP contribution in [-0.4, -0.2) is 55.7 Å². The molecule has 2 aromatic heterocycles. The van der Waals surface area contributed by atoms with Crippen molar-refractivity contribution in [1.29, 1.82) is 0 Å². The summed E-state index contributed by atoms with van der Waals surface area (Å²) in [4.78, 5) is 10.4. The van der Waals surface area contributed by atoms with Crippen molar-refractivity contribution in [2.45, 2.75) is 12.1 Å². The van der Waals surface area contributed by atoms with Gasteiger partial charge in [-0.3, -0.25) is 9.80 Å². The van der Waals surface area contributed by atoms with E-state index < -0.39 is 0 Å². The van der Waals surface area contributed by atoms with Gasteiger partial charge < -0.3 is 5.11 Å². The highest BCUT2D eigenvalue weighted by Crippen LogP contribution is 2.41. The molecule has 3 aromatic carbocycles. The standard InChI is InChI=1S/C28H26FN5OS/c29-23-13-7-12-22(18-23)25(26-27(35)34-28(36-26)30-19-31-34)33-16-14-32(15-17-33)24(20-8-3-1-4-9-20)21-10-5-2-6-11-21/h1-13,18-19,24-25,35H,14-17H2. The summed E-state index contributed by atoms with van der Waals surface area (Å²) in [6, 6.07) is 27.7. The second kappa shape index (κ2) is 9.81. The monoisotopic (exact) mass is 499 g/mol. The van der Waals surface area contributed by atoms with Gasteiger partial charge in [0.1, 0.15) is 12.1 Å². The van der Waals surface area contributed by atoms with Crippen LogP contribution in [0.25, 0.3) is 4.96 Å². The van der Waals surface area contributed by atoms with Gasteiger partial charge in [0.15, 0.2) is 0 Å². The molecule has 0 bridgehead atoms. The van der Waals surface area contributed by atoms with Gasteiger partial charge in [-0.05, 0) is 28.8 Å². The molecular weight excluding hydrogens is 473 g/mol. The van der Waals surface area contributed by atoms with Gasteiger partial charge in [-0.15, -0.1) is 0 Å². The molecule has 1 aliphatic heterocycles. The number of aromatic hydroxyl groups is 1. The minimum atomic E-state index is -0.289. The molecule has 3 heterocycles. The van der Waals surface area contributed by atoms with E-state index in [0.29, 0.717) is 4.96 Å². The van der Waals surface area contributed by atoms with Crippen molar-refractivity contribution in [3.8, 4) is 5.88 Å². The van der Waals surface area contributed by atoms with Crippen LogP contribution in [0.5, 0.6) is 5.88 Å². The van der Waals surface area contributed by atoms with Gasteiger partial charge >= 0.3 is 0 Å². The lowest BCUT2D eigenvalue weighted by Gasteiger charge is -2.42. The maximum Gasteiger partial charge on any atom is 0.230 e. The summed E-state index contributed by atoms with van der Waals surface area (Å²) in [6.45, 7) is 3.21. The predicted octanol–water partition coefficient (Wildman–Crippen LogP) is 5.13. The molecule has 1 unspecified atom stereocenters. The summed E-state index contributed by atoms with van der Waals surface area (Å²) < 4.78 is 15.7. The van der Waals surface area contributed by atoms with Gasteiger partial charge in [0, 0.05) is 26.2 Å². The van der Waals surface area contributed by atoms with Gasteiger partial charge in [0.05, 0.1) is 17.0 Å². The Hall–Kier alpha value is -3.59. The van der Waals surface area contributed by atoms with Crippen LogP contribution in [0.1, 0.15) is 33.7 Å². The number of thiazole rings is 1. The second-order valence-corrected chi connectivity index (χ2v) is 10.0. The van der Waals surface area contributed by atoms with E-state index in [9.17, 15) is 9.50 Å². The van der Waals surface area contributed by atoms with E-state index in [0.717, 1.165) is 36.6 Å². The molecule has 1 saturated heterocycles. The first-order valence-electron chi connectivity index (χ1n) is 12.0. The lowest BCUT2D eigenvalue weighted by Crippen LogP contribution is -2.49. The summed E-state index contributed by atoms with van der Waals surface area (Å²) >= 11 is 1.40. The molecule has 0 radical (unpaired) electrons. The number of rotatable bonds is 6. The van der Waals surface area contributed by atoms with E-state index in [1.54, 1.807) is 12.1 Å². The van der Waals surface area contributed by atoms with Crippen LogP contribution in [0.4, 0.5) is 4.39 Å². The molecule has 36 heavy (non-hydrogen) atoms. The third-order valence-electron chi connectivity index (χ3n) is 6.86. The molecule has 1 fully saturated rings. The Labute approximate surface area is 212 Å². The van der Waals surface area contributed by atoms with Crippen molar-refractivity contribution in [3.05, 3.63) is 119 Å².